The molecule has 1 aliphatic carbocycles. The van der Waals surface area contributed by atoms with Gasteiger partial charge < -0.3 is 23.4 Å². The molecule has 0 saturated heterocycles. The van der Waals surface area contributed by atoms with Gasteiger partial charge >= 0.3 is 0 Å². The first-order chi connectivity index (χ1) is 17.7. The third-order valence-electron chi connectivity index (χ3n) is 8.24. The number of ether oxygens (including phenoxy) is 4. The number of methoxy groups -OCH3 is 2. The minimum absolute atomic E-state index is 0.0723. The fourth-order valence-electron chi connectivity index (χ4n) is 5.97. The lowest BCUT2D eigenvalue weighted by atomic mass is 9.68. The first-order valence-electron chi connectivity index (χ1n) is 14.3. The summed E-state index contributed by atoms with van der Waals surface area (Å²) in [5, 5.41) is 0. The van der Waals surface area contributed by atoms with E-state index in [0.29, 0.717) is 12.8 Å². The van der Waals surface area contributed by atoms with Crippen LogP contribution >= 0.6 is 0 Å². The van der Waals surface area contributed by atoms with Crippen LogP contribution in [0.25, 0.3) is 0 Å². The maximum atomic E-state index is 12.9. The minimum atomic E-state index is -1.87. The molecule has 212 valence electrons. The van der Waals surface area contributed by atoms with E-state index in [1.807, 2.05) is 0 Å². The van der Waals surface area contributed by atoms with Gasteiger partial charge in [0.2, 0.25) is 0 Å². The summed E-state index contributed by atoms with van der Waals surface area (Å²) in [6.45, 7) is 13.7. The first kappa shape index (κ1) is 31.8. The van der Waals surface area contributed by atoms with Crippen molar-refractivity contribution >= 4 is 14.1 Å². The summed E-state index contributed by atoms with van der Waals surface area (Å²) in [5.74, 6) is 1.85. The molecule has 0 bridgehead atoms. The third kappa shape index (κ3) is 8.54. The Morgan fingerprint density at radius 3 is 1.97 bits per heavy atom. The van der Waals surface area contributed by atoms with Crippen molar-refractivity contribution in [3.63, 3.8) is 0 Å². The zero-order chi connectivity index (χ0) is 27.5. The van der Waals surface area contributed by atoms with Gasteiger partial charge in [-0.25, -0.2) is 0 Å². The summed E-state index contributed by atoms with van der Waals surface area (Å²) >= 11 is 0. The van der Waals surface area contributed by atoms with Crippen molar-refractivity contribution in [1.29, 1.82) is 0 Å². The summed E-state index contributed by atoms with van der Waals surface area (Å²) in [6.07, 6.45) is 6.23. The van der Waals surface area contributed by atoms with Crippen LogP contribution in [0.5, 0.6) is 11.5 Å². The molecule has 0 unspecified atom stereocenters. The average molecular weight is 537 g/mol. The molecule has 0 N–H and O–H groups in total. The first-order valence-corrected chi connectivity index (χ1v) is 16.9. The van der Waals surface area contributed by atoms with Gasteiger partial charge in [0.05, 0.1) is 5.60 Å². The molecule has 0 heterocycles. The van der Waals surface area contributed by atoms with Crippen molar-refractivity contribution in [3.8, 4) is 11.5 Å². The number of Topliss-reactive ketones (excluding diaryl/α,β-unsaturated/α-hetero) is 1. The van der Waals surface area contributed by atoms with Crippen molar-refractivity contribution in [2.24, 2.45) is 5.92 Å². The Kier molecular flexibility index (Phi) is 13.1. The number of hydrogen-bond acceptors (Lipinski definition) is 6. The number of unbranched alkanes of at least 4 members (excludes halogenated alkanes) is 2. The number of ketones is 1. The highest BCUT2D eigenvalue weighted by atomic mass is 28.4. The lowest BCUT2D eigenvalue weighted by Gasteiger charge is -2.47. The molecule has 1 saturated carbocycles. The zero-order valence-electron chi connectivity index (χ0n) is 24.7. The van der Waals surface area contributed by atoms with Gasteiger partial charge in [0.15, 0.2) is 21.9 Å². The van der Waals surface area contributed by atoms with Crippen LogP contribution < -0.4 is 9.47 Å². The van der Waals surface area contributed by atoms with E-state index in [4.69, 9.17) is 23.4 Å². The van der Waals surface area contributed by atoms with Crippen molar-refractivity contribution in [3.05, 3.63) is 23.3 Å². The fourth-order valence-corrected chi connectivity index (χ4v) is 9.17. The Balaban J connectivity index is 2.61. The molecule has 2 rings (SSSR count). The van der Waals surface area contributed by atoms with Gasteiger partial charge in [0, 0.05) is 38.5 Å². The Bertz CT molecular complexity index is 798. The highest BCUT2D eigenvalue weighted by molar-refractivity contribution is 6.73. The molecule has 2 atom stereocenters. The largest absolute Gasteiger partial charge is 0.467 e. The van der Waals surface area contributed by atoms with Gasteiger partial charge in [-0.3, -0.25) is 4.79 Å². The van der Waals surface area contributed by atoms with Gasteiger partial charge in [-0.05, 0) is 74.9 Å². The fraction of sp³-hybridized carbons (Fsp3) is 0.767. The lowest BCUT2D eigenvalue weighted by molar-refractivity contribution is -0.123. The van der Waals surface area contributed by atoms with Gasteiger partial charge in [0.25, 0.3) is 0 Å². The van der Waals surface area contributed by atoms with Crippen LogP contribution in [0.4, 0.5) is 0 Å². The molecule has 0 spiro atoms. The highest BCUT2D eigenvalue weighted by Crippen LogP contribution is 2.51. The maximum absolute atomic E-state index is 12.9. The molecular formula is C30H52O6Si. The van der Waals surface area contributed by atoms with Crippen molar-refractivity contribution in [2.75, 3.05) is 27.8 Å². The van der Waals surface area contributed by atoms with Gasteiger partial charge in [-0.15, -0.1) is 0 Å². The molecule has 1 fully saturated rings. The Morgan fingerprint density at radius 2 is 1.49 bits per heavy atom. The van der Waals surface area contributed by atoms with E-state index >= 15 is 0 Å². The smallest absolute Gasteiger partial charge is 0.192 e. The number of carbonyl (C=O) groups excluding carboxylic acids is 1. The summed E-state index contributed by atoms with van der Waals surface area (Å²) in [7, 11) is 1.38. The number of hydrogen-bond donors (Lipinski definition) is 0. The summed E-state index contributed by atoms with van der Waals surface area (Å²) < 4.78 is 30.1. The molecule has 1 aliphatic rings. The van der Waals surface area contributed by atoms with Crippen LogP contribution in [0.15, 0.2) is 12.1 Å². The van der Waals surface area contributed by atoms with E-state index in [2.05, 4.69) is 53.7 Å². The predicted molar refractivity (Wildman–Crippen MR) is 152 cm³/mol. The zero-order valence-corrected chi connectivity index (χ0v) is 25.7. The van der Waals surface area contributed by atoms with E-state index in [0.717, 1.165) is 66.4 Å². The minimum Gasteiger partial charge on any atom is -0.467 e. The van der Waals surface area contributed by atoms with Crippen LogP contribution in [-0.4, -0.2) is 47.5 Å². The Hall–Kier alpha value is -1.41. The summed E-state index contributed by atoms with van der Waals surface area (Å²) in [6, 6.07) is 7.53. The summed E-state index contributed by atoms with van der Waals surface area (Å²) in [5.41, 5.74) is 1.73. The Labute approximate surface area is 226 Å². The normalized spacial score (nSPS) is 18.8. The standard InChI is InChI=1S/C30H52O6Si/c1-9-13-14-15-23-18-27(34-21-32-7)29(28(19-23)35-22-33-8)25-20-24(31)16-17-26(25)30(5,6)36-37(10-2,11-3)12-4/h18-19,25-26H,9-17,20-22H2,1-8H3/t25-,26-/m1/s1. The van der Waals surface area contributed by atoms with Crippen LogP contribution in [0.2, 0.25) is 18.1 Å². The summed E-state index contributed by atoms with van der Waals surface area (Å²) in [4.78, 5) is 12.9. The van der Waals surface area contributed by atoms with Gasteiger partial charge in [-0.2, -0.15) is 0 Å². The molecular weight excluding hydrogens is 484 g/mol. The lowest BCUT2D eigenvalue weighted by Crippen LogP contribution is -2.50. The van der Waals surface area contributed by atoms with Crippen LogP contribution in [-0.2, 0) is 25.1 Å². The predicted octanol–water partition coefficient (Wildman–Crippen LogP) is 7.64. The van der Waals surface area contributed by atoms with Crippen LogP contribution in [0.3, 0.4) is 0 Å². The van der Waals surface area contributed by atoms with Crippen LogP contribution in [0, 0.1) is 5.92 Å². The SMILES string of the molecule is CCCCCc1cc(OCOC)c([C@@H]2CC(=O)CC[C@H]2C(C)(C)O[Si](CC)(CC)CC)c(OCOC)c1. The Morgan fingerprint density at radius 1 is 0.919 bits per heavy atom. The van der Waals surface area contributed by atoms with Crippen molar-refractivity contribution in [1.82, 2.24) is 0 Å². The second-order valence-electron chi connectivity index (χ2n) is 11.0. The van der Waals surface area contributed by atoms with Gasteiger partial charge in [0.1, 0.15) is 17.3 Å². The topological polar surface area (TPSA) is 63.2 Å². The van der Waals surface area contributed by atoms with E-state index in [9.17, 15) is 4.79 Å². The average Bonchev–Trinajstić information content (AvgIpc) is 2.89. The molecule has 0 radical (unpaired) electrons. The monoisotopic (exact) mass is 536 g/mol. The number of aryl methyl sites for hydroxylation is 1. The quantitative estimate of drug-likeness (QED) is 0.116. The molecule has 6 nitrogen and oxygen atoms in total. The van der Waals surface area contributed by atoms with E-state index in [-0.39, 0.29) is 36.8 Å². The number of rotatable bonds is 17. The molecule has 0 aromatic heterocycles. The number of benzene rings is 1. The third-order valence-corrected chi connectivity index (χ3v) is 13.1. The van der Waals surface area contributed by atoms with Crippen molar-refractivity contribution < 1.29 is 28.2 Å². The second kappa shape index (κ2) is 15.2. The molecule has 1 aromatic carbocycles. The molecule has 7 heteroatoms. The van der Waals surface area contributed by atoms with E-state index in [1.54, 1.807) is 14.2 Å². The molecule has 0 aliphatic heterocycles. The highest BCUT2D eigenvalue weighted by Gasteiger charge is 2.46. The van der Waals surface area contributed by atoms with Gasteiger partial charge in [-0.1, -0.05) is 40.5 Å². The number of carbonyl (C=O) groups is 1. The van der Waals surface area contributed by atoms with Crippen molar-refractivity contribution in [2.45, 2.75) is 116 Å². The maximum Gasteiger partial charge on any atom is 0.192 e. The molecule has 1 aromatic rings. The second-order valence-corrected chi connectivity index (χ2v) is 15.7. The van der Waals surface area contributed by atoms with Crippen LogP contribution in [0.1, 0.15) is 97.1 Å². The van der Waals surface area contributed by atoms with E-state index in [1.165, 1.54) is 6.42 Å². The van der Waals surface area contributed by atoms with E-state index < -0.39 is 8.32 Å². The molecule has 0 amide bonds. The molecule has 37 heavy (non-hydrogen) atoms.